The van der Waals surface area contributed by atoms with Gasteiger partial charge in [-0.15, -0.1) is 24.0 Å². The van der Waals surface area contributed by atoms with Crippen LogP contribution in [0.15, 0.2) is 35.3 Å². The van der Waals surface area contributed by atoms with Crippen LogP contribution in [0.3, 0.4) is 0 Å². The van der Waals surface area contributed by atoms with E-state index in [2.05, 4.69) is 50.9 Å². The van der Waals surface area contributed by atoms with Crippen molar-refractivity contribution in [1.82, 2.24) is 15.5 Å². The Balaban J connectivity index is 0.00000192. The highest BCUT2D eigenvalue weighted by Crippen LogP contribution is 2.27. The van der Waals surface area contributed by atoms with Crippen LogP contribution >= 0.6 is 24.0 Å². The Morgan fingerprint density at radius 2 is 1.87 bits per heavy atom. The van der Waals surface area contributed by atoms with Crippen LogP contribution < -0.4 is 10.6 Å². The SMILES string of the molecule is CN=C(NCC1CC1)NCC(c1ccccc1)N1CCCC1.I. The maximum absolute atomic E-state index is 4.36. The molecule has 1 aromatic carbocycles. The van der Waals surface area contributed by atoms with Crippen molar-refractivity contribution < 1.29 is 0 Å². The second kappa shape index (κ2) is 9.47. The van der Waals surface area contributed by atoms with Crippen LogP contribution in [-0.2, 0) is 0 Å². The van der Waals surface area contributed by atoms with Crippen molar-refractivity contribution in [2.45, 2.75) is 31.7 Å². The summed E-state index contributed by atoms with van der Waals surface area (Å²) in [6.07, 6.45) is 5.37. The summed E-state index contributed by atoms with van der Waals surface area (Å²) in [6, 6.07) is 11.3. The molecule has 1 atom stereocenters. The van der Waals surface area contributed by atoms with Gasteiger partial charge in [0.15, 0.2) is 5.96 Å². The summed E-state index contributed by atoms with van der Waals surface area (Å²) in [5.74, 6) is 1.80. The minimum Gasteiger partial charge on any atom is -0.356 e. The van der Waals surface area contributed by atoms with E-state index in [9.17, 15) is 0 Å². The van der Waals surface area contributed by atoms with Crippen molar-refractivity contribution in [3.63, 3.8) is 0 Å². The second-order valence-electron chi connectivity index (χ2n) is 6.45. The molecular formula is C18H29IN4. The first-order chi connectivity index (χ1) is 10.9. The fraction of sp³-hybridized carbons (Fsp3) is 0.611. The highest BCUT2D eigenvalue weighted by molar-refractivity contribution is 14.0. The monoisotopic (exact) mass is 428 g/mol. The molecule has 0 radical (unpaired) electrons. The first-order valence-corrected chi connectivity index (χ1v) is 8.60. The topological polar surface area (TPSA) is 39.7 Å². The molecule has 2 aliphatic rings. The van der Waals surface area contributed by atoms with E-state index in [1.165, 1.54) is 44.3 Å². The van der Waals surface area contributed by atoms with Gasteiger partial charge in [0, 0.05) is 20.1 Å². The van der Waals surface area contributed by atoms with Gasteiger partial charge in [-0.25, -0.2) is 0 Å². The van der Waals surface area contributed by atoms with Crippen molar-refractivity contribution in [2.24, 2.45) is 10.9 Å². The van der Waals surface area contributed by atoms with Gasteiger partial charge in [0.05, 0.1) is 6.04 Å². The average molecular weight is 428 g/mol. The lowest BCUT2D eigenvalue weighted by Gasteiger charge is -2.29. The van der Waals surface area contributed by atoms with E-state index in [1.807, 2.05) is 7.05 Å². The molecule has 0 aromatic heterocycles. The standard InChI is InChI=1S/C18H28N4.HI/c1-19-18(20-13-15-9-10-15)21-14-17(22-11-5-6-12-22)16-7-3-2-4-8-16;/h2-4,7-8,15,17H,5-6,9-14H2,1H3,(H2,19,20,21);1H. The molecule has 23 heavy (non-hydrogen) atoms. The molecule has 0 bridgehead atoms. The summed E-state index contributed by atoms with van der Waals surface area (Å²) in [5.41, 5.74) is 1.40. The number of halogens is 1. The van der Waals surface area contributed by atoms with Crippen LogP contribution in [-0.4, -0.2) is 44.1 Å². The number of nitrogens with one attached hydrogen (secondary N) is 2. The molecule has 128 valence electrons. The Hall–Kier alpha value is -0.820. The van der Waals surface area contributed by atoms with E-state index in [4.69, 9.17) is 0 Å². The van der Waals surface area contributed by atoms with Crippen LogP contribution in [0.25, 0.3) is 0 Å². The number of hydrogen-bond donors (Lipinski definition) is 2. The Morgan fingerprint density at radius 3 is 2.48 bits per heavy atom. The third-order valence-corrected chi connectivity index (χ3v) is 4.71. The Bertz CT molecular complexity index is 481. The van der Waals surface area contributed by atoms with Gasteiger partial charge in [-0.2, -0.15) is 0 Å². The third kappa shape index (κ3) is 5.64. The van der Waals surface area contributed by atoms with Crippen molar-refractivity contribution >= 4 is 29.9 Å². The first kappa shape index (κ1) is 18.5. The van der Waals surface area contributed by atoms with E-state index in [0.29, 0.717) is 6.04 Å². The minimum absolute atomic E-state index is 0. The van der Waals surface area contributed by atoms with Gasteiger partial charge in [0.25, 0.3) is 0 Å². The summed E-state index contributed by atoms with van der Waals surface area (Å²) < 4.78 is 0. The van der Waals surface area contributed by atoms with Crippen molar-refractivity contribution in [1.29, 1.82) is 0 Å². The lowest BCUT2D eigenvalue weighted by atomic mass is 10.1. The largest absolute Gasteiger partial charge is 0.356 e. The zero-order valence-electron chi connectivity index (χ0n) is 14.0. The predicted octanol–water partition coefficient (Wildman–Crippen LogP) is 3.02. The normalized spacial score (nSPS) is 20.0. The van der Waals surface area contributed by atoms with E-state index in [0.717, 1.165) is 25.0 Å². The minimum atomic E-state index is 0. The molecule has 4 nitrogen and oxygen atoms in total. The van der Waals surface area contributed by atoms with E-state index >= 15 is 0 Å². The van der Waals surface area contributed by atoms with Gasteiger partial charge in [0.1, 0.15) is 0 Å². The molecule has 1 heterocycles. The number of guanidine groups is 1. The van der Waals surface area contributed by atoms with Crippen molar-refractivity contribution in [3.05, 3.63) is 35.9 Å². The fourth-order valence-electron chi connectivity index (χ4n) is 3.16. The Kier molecular flexibility index (Phi) is 7.62. The smallest absolute Gasteiger partial charge is 0.191 e. The Labute approximate surface area is 157 Å². The number of likely N-dealkylation sites (tertiary alicyclic amines) is 1. The summed E-state index contributed by atoms with van der Waals surface area (Å²) in [4.78, 5) is 6.95. The van der Waals surface area contributed by atoms with Crippen molar-refractivity contribution in [3.8, 4) is 0 Å². The quantitative estimate of drug-likeness (QED) is 0.416. The predicted molar refractivity (Wildman–Crippen MR) is 107 cm³/mol. The van der Waals surface area contributed by atoms with Gasteiger partial charge in [-0.1, -0.05) is 30.3 Å². The molecule has 1 saturated heterocycles. The lowest BCUT2D eigenvalue weighted by Crippen LogP contribution is -2.43. The van der Waals surface area contributed by atoms with Crippen LogP contribution in [0, 0.1) is 5.92 Å². The summed E-state index contributed by atoms with van der Waals surface area (Å²) in [5, 5.41) is 6.97. The lowest BCUT2D eigenvalue weighted by molar-refractivity contribution is 0.245. The average Bonchev–Trinajstić information content (AvgIpc) is 3.24. The van der Waals surface area contributed by atoms with E-state index < -0.39 is 0 Å². The molecule has 2 N–H and O–H groups in total. The number of aliphatic imine (C=N–C) groups is 1. The number of benzene rings is 1. The van der Waals surface area contributed by atoms with E-state index in [-0.39, 0.29) is 24.0 Å². The van der Waals surface area contributed by atoms with Gasteiger partial charge in [-0.05, 0) is 50.3 Å². The zero-order chi connectivity index (χ0) is 15.2. The Morgan fingerprint density at radius 1 is 1.17 bits per heavy atom. The van der Waals surface area contributed by atoms with Crippen molar-refractivity contribution in [2.75, 3.05) is 33.2 Å². The van der Waals surface area contributed by atoms with Gasteiger partial charge < -0.3 is 10.6 Å². The first-order valence-electron chi connectivity index (χ1n) is 8.60. The number of rotatable bonds is 6. The molecule has 1 unspecified atom stereocenters. The van der Waals surface area contributed by atoms with E-state index in [1.54, 1.807) is 0 Å². The molecule has 2 fully saturated rings. The molecule has 1 aromatic rings. The molecular weight excluding hydrogens is 399 g/mol. The second-order valence-corrected chi connectivity index (χ2v) is 6.45. The van der Waals surface area contributed by atoms with Gasteiger partial charge in [-0.3, -0.25) is 9.89 Å². The highest BCUT2D eigenvalue weighted by Gasteiger charge is 2.24. The third-order valence-electron chi connectivity index (χ3n) is 4.71. The maximum Gasteiger partial charge on any atom is 0.191 e. The molecule has 1 saturated carbocycles. The van der Waals surface area contributed by atoms with Crippen LogP contribution in [0.2, 0.25) is 0 Å². The molecule has 1 aliphatic heterocycles. The summed E-state index contributed by atoms with van der Waals surface area (Å²) in [6.45, 7) is 4.37. The number of hydrogen-bond acceptors (Lipinski definition) is 2. The maximum atomic E-state index is 4.36. The molecule has 1 aliphatic carbocycles. The molecule has 0 amide bonds. The number of nitrogens with zero attached hydrogens (tertiary/aromatic N) is 2. The van der Waals surface area contributed by atoms with Gasteiger partial charge in [0.2, 0.25) is 0 Å². The molecule has 0 spiro atoms. The summed E-state index contributed by atoms with van der Waals surface area (Å²) >= 11 is 0. The zero-order valence-corrected chi connectivity index (χ0v) is 16.3. The fourth-order valence-corrected chi connectivity index (χ4v) is 3.16. The molecule has 3 rings (SSSR count). The summed E-state index contributed by atoms with van der Waals surface area (Å²) in [7, 11) is 1.86. The van der Waals surface area contributed by atoms with Crippen LogP contribution in [0.4, 0.5) is 0 Å². The molecule has 5 heteroatoms. The highest BCUT2D eigenvalue weighted by atomic mass is 127. The van der Waals surface area contributed by atoms with Gasteiger partial charge >= 0.3 is 0 Å². The van der Waals surface area contributed by atoms with Crippen LogP contribution in [0.5, 0.6) is 0 Å². The van der Waals surface area contributed by atoms with Crippen LogP contribution in [0.1, 0.15) is 37.3 Å².